The molecule has 92 valence electrons. The van der Waals surface area contributed by atoms with E-state index in [2.05, 4.69) is 6.58 Å². The van der Waals surface area contributed by atoms with Gasteiger partial charge < -0.3 is 5.11 Å². The molecule has 0 spiro atoms. The summed E-state index contributed by atoms with van der Waals surface area (Å²) in [5, 5.41) is 8.79. The third-order valence-electron chi connectivity index (χ3n) is 2.18. The molecule has 1 aromatic rings. The summed E-state index contributed by atoms with van der Waals surface area (Å²) in [7, 11) is -2.25. The minimum Gasteiger partial charge on any atom is -0.478 e. The summed E-state index contributed by atoms with van der Waals surface area (Å²) >= 11 is 0. The topological polar surface area (TPSA) is 74.7 Å². The molecule has 0 saturated carbocycles. The van der Waals surface area contributed by atoms with Gasteiger partial charge in [0.15, 0.2) is 0 Å². The molecule has 1 aromatic carbocycles. The zero-order valence-electron chi connectivity index (χ0n) is 9.33. The summed E-state index contributed by atoms with van der Waals surface area (Å²) in [6, 6.07) is 5.24. The number of aromatic carboxylic acids is 1. The summed E-state index contributed by atoms with van der Waals surface area (Å²) in [6.07, 6.45) is 1.46. The van der Waals surface area contributed by atoms with Gasteiger partial charge in [0.2, 0.25) is 10.0 Å². The van der Waals surface area contributed by atoms with E-state index in [1.54, 1.807) is 0 Å². The first-order valence-electron chi connectivity index (χ1n) is 4.80. The van der Waals surface area contributed by atoms with E-state index in [1.807, 2.05) is 0 Å². The van der Waals surface area contributed by atoms with E-state index in [0.717, 1.165) is 10.4 Å². The van der Waals surface area contributed by atoms with Crippen LogP contribution in [0.2, 0.25) is 0 Å². The molecule has 17 heavy (non-hydrogen) atoms. The van der Waals surface area contributed by atoms with Crippen molar-refractivity contribution in [1.82, 2.24) is 4.31 Å². The predicted molar refractivity (Wildman–Crippen MR) is 63.4 cm³/mol. The van der Waals surface area contributed by atoms with Crippen molar-refractivity contribution >= 4 is 16.0 Å². The van der Waals surface area contributed by atoms with Crippen molar-refractivity contribution in [2.75, 3.05) is 13.6 Å². The molecule has 1 N–H and O–H groups in total. The molecule has 0 radical (unpaired) electrons. The maximum atomic E-state index is 12.0. The highest BCUT2D eigenvalue weighted by atomic mass is 32.2. The van der Waals surface area contributed by atoms with E-state index < -0.39 is 16.0 Å². The molecule has 6 heteroatoms. The number of nitrogens with zero attached hydrogens (tertiary/aromatic N) is 1. The lowest BCUT2D eigenvalue weighted by molar-refractivity contribution is 0.0696. The van der Waals surface area contributed by atoms with Crippen LogP contribution in [0.15, 0.2) is 41.8 Å². The van der Waals surface area contributed by atoms with Crippen LogP contribution in [0.3, 0.4) is 0 Å². The lowest BCUT2D eigenvalue weighted by Crippen LogP contribution is -2.27. The zero-order chi connectivity index (χ0) is 13.1. The molecule has 1 rings (SSSR count). The fourth-order valence-electron chi connectivity index (χ4n) is 1.25. The quantitative estimate of drug-likeness (QED) is 0.802. The summed E-state index contributed by atoms with van der Waals surface area (Å²) in [5.74, 6) is -1.16. The number of rotatable bonds is 5. The molecule has 0 aliphatic heterocycles. The van der Waals surface area contributed by atoms with Gasteiger partial charge in [0.1, 0.15) is 0 Å². The first-order valence-corrected chi connectivity index (χ1v) is 6.24. The van der Waals surface area contributed by atoms with Crippen molar-refractivity contribution in [3.8, 4) is 0 Å². The van der Waals surface area contributed by atoms with Crippen LogP contribution in [0.5, 0.6) is 0 Å². The Balaban J connectivity index is 3.19. The Morgan fingerprint density at radius 2 is 2.18 bits per heavy atom. The molecular formula is C11H13NO4S. The second-order valence-corrected chi connectivity index (χ2v) is 5.45. The summed E-state index contributed by atoms with van der Waals surface area (Å²) in [6.45, 7) is 3.62. The number of carboxylic acids is 1. The van der Waals surface area contributed by atoms with Crippen molar-refractivity contribution in [2.24, 2.45) is 0 Å². The second kappa shape index (κ2) is 5.11. The molecule has 0 aliphatic carbocycles. The lowest BCUT2D eigenvalue weighted by atomic mass is 10.2. The SMILES string of the molecule is C=CCN(C)S(=O)(=O)c1cccc(C(=O)O)c1. The van der Waals surface area contributed by atoms with Crippen LogP contribution in [-0.2, 0) is 10.0 Å². The monoisotopic (exact) mass is 255 g/mol. The maximum absolute atomic E-state index is 12.0. The van der Waals surface area contributed by atoms with Crippen LogP contribution < -0.4 is 0 Å². The molecule has 5 nitrogen and oxygen atoms in total. The van der Waals surface area contributed by atoms with Crippen LogP contribution in [0.4, 0.5) is 0 Å². The van der Waals surface area contributed by atoms with Crippen LogP contribution in [0, 0.1) is 0 Å². The molecule has 0 amide bonds. The van der Waals surface area contributed by atoms with Crippen molar-refractivity contribution in [3.63, 3.8) is 0 Å². The normalized spacial score (nSPS) is 11.4. The Morgan fingerprint density at radius 1 is 1.53 bits per heavy atom. The standard InChI is InChI=1S/C11H13NO4S/c1-3-7-12(2)17(15,16)10-6-4-5-9(8-10)11(13)14/h3-6,8H,1,7H2,2H3,(H,13,14). The van der Waals surface area contributed by atoms with E-state index in [9.17, 15) is 13.2 Å². The van der Waals surface area contributed by atoms with E-state index in [-0.39, 0.29) is 17.0 Å². The van der Waals surface area contributed by atoms with Gasteiger partial charge in [-0.3, -0.25) is 0 Å². The molecule has 0 aromatic heterocycles. The van der Waals surface area contributed by atoms with Gasteiger partial charge in [0.05, 0.1) is 10.5 Å². The zero-order valence-corrected chi connectivity index (χ0v) is 10.1. The first-order chi connectivity index (χ1) is 7.89. The van der Waals surface area contributed by atoms with Gasteiger partial charge in [-0.15, -0.1) is 6.58 Å². The maximum Gasteiger partial charge on any atom is 0.335 e. The van der Waals surface area contributed by atoms with Crippen LogP contribution in [0.1, 0.15) is 10.4 Å². The van der Waals surface area contributed by atoms with Crippen LogP contribution >= 0.6 is 0 Å². The Hall–Kier alpha value is -1.66. The lowest BCUT2D eigenvalue weighted by Gasteiger charge is -2.15. The fourth-order valence-corrected chi connectivity index (χ4v) is 2.44. The smallest absolute Gasteiger partial charge is 0.335 e. The number of sulfonamides is 1. The molecule has 0 saturated heterocycles. The van der Waals surface area contributed by atoms with Crippen molar-refractivity contribution in [2.45, 2.75) is 4.90 Å². The molecule has 0 heterocycles. The van der Waals surface area contributed by atoms with Crippen LogP contribution in [-0.4, -0.2) is 37.4 Å². The van der Waals surface area contributed by atoms with Crippen LogP contribution in [0.25, 0.3) is 0 Å². The highest BCUT2D eigenvalue weighted by molar-refractivity contribution is 7.89. The van der Waals surface area contributed by atoms with Crippen molar-refractivity contribution in [3.05, 3.63) is 42.5 Å². The van der Waals surface area contributed by atoms with E-state index >= 15 is 0 Å². The number of hydrogen-bond acceptors (Lipinski definition) is 3. The van der Waals surface area contributed by atoms with Gasteiger partial charge in [0.25, 0.3) is 0 Å². The molecule has 0 fully saturated rings. The van der Waals surface area contributed by atoms with Gasteiger partial charge >= 0.3 is 5.97 Å². The third-order valence-corrected chi connectivity index (χ3v) is 3.99. The molecule has 0 unspecified atom stereocenters. The number of benzene rings is 1. The largest absolute Gasteiger partial charge is 0.478 e. The third kappa shape index (κ3) is 2.92. The molecule has 0 bridgehead atoms. The number of carboxylic acid groups (broad SMARTS) is 1. The summed E-state index contributed by atoms with van der Waals surface area (Å²) in [5.41, 5.74) is -0.0573. The molecular weight excluding hydrogens is 242 g/mol. The number of carbonyl (C=O) groups is 1. The Labute approximate surface area is 100 Å². The van der Waals surface area contributed by atoms with Crippen molar-refractivity contribution in [1.29, 1.82) is 0 Å². The molecule has 0 aliphatic rings. The Morgan fingerprint density at radius 3 is 2.71 bits per heavy atom. The first kappa shape index (κ1) is 13.4. The van der Waals surface area contributed by atoms with E-state index in [4.69, 9.17) is 5.11 Å². The highest BCUT2D eigenvalue weighted by Crippen LogP contribution is 2.15. The minimum atomic E-state index is -3.66. The van der Waals surface area contributed by atoms with Gasteiger partial charge in [-0.2, -0.15) is 4.31 Å². The fraction of sp³-hybridized carbons (Fsp3) is 0.182. The predicted octanol–water partition coefficient (Wildman–Crippen LogP) is 1.19. The molecule has 0 atom stereocenters. The Bertz CT molecular complexity index is 536. The van der Waals surface area contributed by atoms with Gasteiger partial charge in [-0.05, 0) is 18.2 Å². The summed E-state index contributed by atoms with van der Waals surface area (Å²) in [4.78, 5) is 10.7. The second-order valence-electron chi connectivity index (χ2n) is 3.41. The average Bonchev–Trinajstić information content (AvgIpc) is 2.29. The van der Waals surface area contributed by atoms with Gasteiger partial charge in [0, 0.05) is 13.6 Å². The van der Waals surface area contributed by atoms with E-state index in [0.29, 0.717) is 0 Å². The highest BCUT2D eigenvalue weighted by Gasteiger charge is 2.20. The number of hydrogen-bond donors (Lipinski definition) is 1. The Kier molecular flexibility index (Phi) is 4.03. The van der Waals surface area contributed by atoms with Gasteiger partial charge in [-0.25, -0.2) is 13.2 Å². The van der Waals surface area contributed by atoms with E-state index in [1.165, 1.54) is 31.3 Å². The number of likely N-dealkylation sites (N-methyl/N-ethyl adjacent to an activating group) is 1. The average molecular weight is 255 g/mol. The van der Waals surface area contributed by atoms with Gasteiger partial charge in [-0.1, -0.05) is 12.1 Å². The summed E-state index contributed by atoms with van der Waals surface area (Å²) < 4.78 is 25.1. The minimum absolute atomic E-state index is 0.0400. The van der Waals surface area contributed by atoms with Crippen molar-refractivity contribution < 1.29 is 18.3 Å².